The van der Waals surface area contributed by atoms with Crippen LogP contribution in [-0.4, -0.2) is 69.8 Å². The van der Waals surface area contributed by atoms with E-state index in [9.17, 15) is 0 Å². The van der Waals surface area contributed by atoms with E-state index in [0.717, 1.165) is 0 Å². The van der Waals surface area contributed by atoms with E-state index < -0.39 is 19.2 Å². The fourth-order valence-corrected chi connectivity index (χ4v) is 16.4. The molecule has 0 radical (unpaired) electrons. The fourth-order valence-electron chi connectivity index (χ4n) is 2.67. The van der Waals surface area contributed by atoms with Crippen LogP contribution in [0.25, 0.3) is 0 Å². The Kier molecular flexibility index (Phi) is 4.04. The molecule has 0 amide bonds. The molecule has 1 heterocycles. The summed E-state index contributed by atoms with van der Waals surface area (Å²) in [7, 11) is 9.07. The monoisotopic (exact) mass is 293 g/mol. The molecule has 1 aliphatic heterocycles. The molecule has 0 aliphatic carbocycles. The summed E-state index contributed by atoms with van der Waals surface area (Å²) >= 11 is -2.22. The first-order valence-corrected chi connectivity index (χ1v) is 11.0. The number of nitrogens with zero attached hydrogens (tertiary/aromatic N) is 3. The molecule has 0 aromatic heterocycles. The fraction of sp³-hybridized carbons (Fsp3) is 1.00. The summed E-state index contributed by atoms with van der Waals surface area (Å²) in [5.41, 5.74) is 0. The maximum absolute atomic E-state index is 2.76. The van der Waals surface area contributed by atoms with Crippen molar-refractivity contribution in [3.8, 4) is 0 Å². The average Bonchev–Trinajstić information content (AvgIpc) is 2.47. The molecular weight excluding hydrogens is 269 g/mol. The zero-order valence-electron chi connectivity index (χ0n) is 9.67. The molecule has 0 saturated carbocycles. The summed E-state index contributed by atoms with van der Waals surface area (Å²) in [6.45, 7) is 4.85. The maximum atomic E-state index is 2.76. The molecule has 0 spiro atoms. The van der Waals surface area contributed by atoms with Crippen molar-refractivity contribution in [2.24, 2.45) is 0 Å². The molecule has 1 fully saturated rings. The van der Waals surface area contributed by atoms with Gasteiger partial charge in [0.2, 0.25) is 0 Å². The first-order chi connectivity index (χ1) is 6.05. The van der Waals surface area contributed by atoms with Gasteiger partial charge in [0, 0.05) is 0 Å². The summed E-state index contributed by atoms with van der Waals surface area (Å²) in [6, 6.07) is 0. The van der Waals surface area contributed by atoms with E-state index in [-0.39, 0.29) is 0 Å². The van der Waals surface area contributed by atoms with Crippen LogP contribution in [0, 0.1) is 0 Å². The van der Waals surface area contributed by atoms with Gasteiger partial charge in [-0.3, -0.25) is 0 Å². The summed E-state index contributed by atoms with van der Waals surface area (Å²) in [4.78, 5) is 0. The molecule has 78 valence electrons. The topological polar surface area (TPSA) is 9.72 Å². The van der Waals surface area contributed by atoms with E-state index in [1.807, 2.05) is 0 Å². The molecule has 0 unspecified atom stereocenters. The van der Waals surface area contributed by atoms with Gasteiger partial charge in [0.15, 0.2) is 0 Å². The number of hydrogen-bond donors (Lipinski definition) is 0. The average molecular weight is 292 g/mol. The molecule has 1 saturated heterocycles. The van der Waals surface area contributed by atoms with Crippen LogP contribution in [0.5, 0.6) is 0 Å². The number of hydrogen-bond acceptors (Lipinski definition) is 3. The quantitative estimate of drug-likeness (QED) is 0.712. The van der Waals surface area contributed by atoms with Crippen LogP contribution in [0.4, 0.5) is 0 Å². The van der Waals surface area contributed by atoms with Crippen molar-refractivity contribution in [2.45, 2.75) is 17.8 Å². The molecule has 0 aromatic rings. The minimum atomic E-state index is -2.22. The van der Waals surface area contributed by atoms with Gasteiger partial charge in [-0.2, -0.15) is 0 Å². The Hall–Kier alpha value is 0.679. The van der Waals surface area contributed by atoms with Gasteiger partial charge >= 0.3 is 87.6 Å². The summed E-state index contributed by atoms with van der Waals surface area (Å²) in [6.07, 6.45) is 1.40. The summed E-state index contributed by atoms with van der Waals surface area (Å²) < 4.78 is 9.31. The van der Waals surface area contributed by atoms with Gasteiger partial charge in [0.1, 0.15) is 0 Å². The van der Waals surface area contributed by atoms with Crippen molar-refractivity contribution < 1.29 is 0 Å². The second-order valence-corrected chi connectivity index (χ2v) is 17.0. The molecule has 1 rings (SSSR count). The minimum absolute atomic E-state index is 1.23. The van der Waals surface area contributed by atoms with Crippen LogP contribution in [0.2, 0.25) is 4.44 Å². The number of rotatable bonds is 3. The van der Waals surface area contributed by atoms with E-state index in [0.29, 0.717) is 0 Å². The van der Waals surface area contributed by atoms with Crippen LogP contribution in [-0.2, 0) is 0 Å². The predicted octanol–water partition coefficient (Wildman–Crippen LogP) is 0.774. The summed E-state index contributed by atoms with van der Waals surface area (Å²) in [5.74, 6) is 0. The Morgan fingerprint density at radius 3 is 2.00 bits per heavy atom. The third kappa shape index (κ3) is 1.89. The molecule has 1 aliphatic rings. The predicted molar refractivity (Wildman–Crippen MR) is 59.8 cm³/mol. The van der Waals surface area contributed by atoms with Crippen molar-refractivity contribution in [1.29, 1.82) is 0 Å². The summed E-state index contributed by atoms with van der Waals surface area (Å²) in [5, 5.41) is 0. The second kappa shape index (κ2) is 4.47. The van der Waals surface area contributed by atoms with Crippen molar-refractivity contribution in [2.75, 3.05) is 41.3 Å². The van der Waals surface area contributed by atoms with Crippen LogP contribution in [0.3, 0.4) is 0 Å². The van der Waals surface area contributed by atoms with Gasteiger partial charge in [0.05, 0.1) is 0 Å². The molecule has 3 nitrogen and oxygen atoms in total. The molecule has 13 heavy (non-hydrogen) atoms. The van der Waals surface area contributed by atoms with E-state index in [4.69, 9.17) is 0 Å². The first-order valence-electron chi connectivity index (χ1n) is 5.15. The normalized spacial score (nSPS) is 23.3. The van der Waals surface area contributed by atoms with Gasteiger partial charge in [-0.25, -0.2) is 0 Å². The van der Waals surface area contributed by atoms with Crippen molar-refractivity contribution >= 4 is 19.2 Å². The molecule has 0 N–H and O–H groups in total. The van der Waals surface area contributed by atoms with Crippen LogP contribution in [0.1, 0.15) is 13.3 Å². The molecule has 4 heteroatoms. The van der Waals surface area contributed by atoms with Gasteiger partial charge in [0.25, 0.3) is 0 Å². The van der Waals surface area contributed by atoms with Crippen LogP contribution >= 0.6 is 0 Å². The Bertz CT molecular complexity index is 162. The van der Waals surface area contributed by atoms with E-state index in [2.05, 4.69) is 44.5 Å². The molecule has 0 bridgehead atoms. The first kappa shape index (κ1) is 11.8. The second-order valence-electron chi connectivity index (χ2n) is 4.25. The molecule has 0 aromatic carbocycles. The third-order valence-electron chi connectivity index (χ3n) is 3.26. The standard InChI is InChI=1S/C5H11N.2C2H6N.Sn/c1-3-5-6-4-2;2*1-3-2;/h1,3-5H2,2H3;2*1-2H3;/q3*-1;+3. The third-order valence-corrected chi connectivity index (χ3v) is 18.8. The van der Waals surface area contributed by atoms with Crippen LogP contribution < -0.4 is 0 Å². The van der Waals surface area contributed by atoms with Gasteiger partial charge < -0.3 is 0 Å². The zero-order valence-corrected chi connectivity index (χ0v) is 12.5. The van der Waals surface area contributed by atoms with Crippen LogP contribution in [0.15, 0.2) is 0 Å². The Morgan fingerprint density at radius 1 is 1.15 bits per heavy atom. The van der Waals surface area contributed by atoms with E-state index in [1.165, 1.54) is 23.9 Å². The zero-order chi connectivity index (χ0) is 10.1. The Balaban J connectivity index is 2.88. The Morgan fingerprint density at radius 2 is 1.69 bits per heavy atom. The van der Waals surface area contributed by atoms with E-state index in [1.54, 1.807) is 0 Å². The molecule has 0 atom stereocenters. The van der Waals surface area contributed by atoms with Gasteiger partial charge in [-0.15, -0.1) is 0 Å². The van der Waals surface area contributed by atoms with Crippen molar-refractivity contribution in [1.82, 2.24) is 9.36 Å². The van der Waals surface area contributed by atoms with E-state index >= 15 is 0 Å². The van der Waals surface area contributed by atoms with Crippen molar-refractivity contribution in [3.05, 3.63) is 0 Å². The SMILES string of the molecule is CC[N]1CC[CH2][Sn]1([N](C)C)[N](C)C. The van der Waals surface area contributed by atoms with Crippen molar-refractivity contribution in [3.63, 3.8) is 0 Å². The van der Waals surface area contributed by atoms with Gasteiger partial charge in [-0.05, 0) is 0 Å². The Labute approximate surface area is 87.6 Å². The van der Waals surface area contributed by atoms with Gasteiger partial charge in [-0.1, -0.05) is 0 Å². The molecular formula is C9H23N3Sn.